The van der Waals surface area contributed by atoms with Gasteiger partial charge < -0.3 is 15.0 Å². The van der Waals surface area contributed by atoms with Crippen molar-refractivity contribution in [1.29, 1.82) is 0 Å². The Hall–Kier alpha value is -0.650. The van der Waals surface area contributed by atoms with E-state index in [1.165, 1.54) is 4.88 Å². The van der Waals surface area contributed by atoms with Gasteiger partial charge in [0.05, 0.1) is 12.3 Å². The van der Waals surface area contributed by atoms with Crippen LogP contribution in [0.3, 0.4) is 0 Å². The van der Waals surface area contributed by atoms with Crippen LogP contribution in [-0.4, -0.2) is 37.8 Å². The summed E-state index contributed by atoms with van der Waals surface area (Å²) in [7, 11) is 1.74. The fourth-order valence-electron chi connectivity index (χ4n) is 2.14. The molecule has 5 heteroatoms. The Morgan fingerprint density at radius 3 is 2.60 bits per heavy atom. The Bertz CT molecular complexity index is 392. The van der Waals surface area contributed by atoms with Crippen LogP contribution >= 0.6 is 11.3 Å². The quantitative estimate of drug-likeness (QED) is 0.758. The molecule has 1 unspecified atom stereocenters. The minimum Gasteiger partial charge on any atom is -0.383 e. The highest BCUT2D eigenvalue weighted by Gasteiger charge is 2.19. The van der Waals surface area contributed by atoms with Crippen LogP contribution in [0.1, 0.15) is 50.7 Å². The Labute approximate surface area is 127 Å². The summed E-state index contributed by atoms with van der Waals surface area (Å²) in [5.74, 6) is 0. The molecule has 116 valence electrons. The predicted molar refractivity (Wildman–Crippen MR) is 87.9 cm³/mol. The molecule has 0 aliphatic heterocycles. The van der Waals surface area contributed by atoms with Crippen LogP contribution in [0.2, 0.25) is 0 Å². The summed E-state index contributed by atoms with van der Waals surface area (Å²) >= 11 is 1.80. The van der Waals surface area contributed by atoms with E-state index in [0.717, 1.165) is 36.9 Å². The van der Waals surface area contributed by atoms with E-state index in [-0.39, 0.29) is 0 Å². The third-order valence-electron chi connectivity index (χ3n) is 3.32. The van der Waals surface area contributed by atoms with Crippen molar-refractivity contribution >= 4 is 16.5 Å². The van der Waals surface area contributed by atoms with Gasteiger partial charge in [-0.15, -0.1) is 11.3 Å². The van der Waals surface area contributed by atoms with Crippen molar-refractivity contribution in [2.24, 2.45) is 0 Å². The molecule has 1 aromatic rings. The number of nitrogens with zero attached hydrogens (tertiary/aromatic N) is 2. The molecule has 0 fully saturated rings. The molecule has 0 spiro atoms. The standard InChI is InChI=1S/C15H29N3OS/c1-7-8-16-12(4)14-13(5)17-15(20-14)18(11(2)3)9-10-19-6/h11-12,16H,7-10H2,1-6H3. The average molecular weight is 299 g/mol. The maximum absolute atomic E-state index is 5.20. The van der Waals surface area contributed by atoms with Crippen LogP contribution < -0.4 is 10.2 Å². The normalized spacial score (nSPS) is 12.9. The molecule has 20 heavy (non-hydrogen) atoms. The molecule has 1 heterocycles. The van der Waals surface area contributed by atoms with Gasteiger partial charge in [0, 0.05) is 30.6 Å². The molecule has 1 rings (SSSR count). The number of hydrogen-bond acceptors (Lipinski definition) is 5. The van der Waals surface area contributed by atoms with E-state index in [2.05, 4.69) is 44.8 Å². The third-order valence-corrected chi connectivity index (χ3v) is 4.70. The minimum atomic E-state index is 0.373. The predicted octanol–water partition coefficient (Wildman–Crippen LogP) is 3.37. The van der Waals surface area contributed by atoms with Crippen LogP contribution in [0, 0.1) is 6.92 Å². The molecule has 0 aromatic carbocycles. The molecule has 0 amide bonds. The average Bonchev–Trinajstić information content (AvgIpc) is 2.78. The van der Waals surface area contributed by atoms with Crippen molar-refractivity contribution in [3.8, 4) is 0 Å². The molecule has 0 saturated carbocycles. The number of hydrogen-bond donors (Lipinski definition) is 1. The van der Waals surface area contributed by atoms with Crippen LogP contribution in [0.25, 0.3) is 0 Å². The number of aryl methyl sites for hydroxylation is 1. The number of rotatable bonds is 9. The lowest BCUT2D eigenvalue weighted by Crippen LogP contribution is -2.33. The van der Waals surface area contributed by atoms with Crippen molar-refractivity contribution in [2.75, 3.05) is 31.7 Å². The Morgan fingerprint density at radius 2 is 2.05 bits per heavy atom. The summed E-state index contributed by atoms with van der Waals surface area (Å²) in [6, 6.07) is 0.806. The fraction of sp³-hybridized carbons (Fsp3) is 0.800. The van der Waals surface area contributed by atoms with Crippen molar-refractivity contribution < 1.29 is 4.74 Å². The topological polar surface area (TPSA) is 37.4 Å². The monoisotopic (exact) mass is 299 g/mol. The van der Waals surface area contributed by atoms with Gasteiger partial charge in [0.2, 0.25) is 0 Å². The second kappa shape index (κ2) is 8.60. The molecule has 4 nitrogen and oxygen atoms in total. The highest BCUT2D eigenvalue weighted by Crippen LogP contribution is 2.31. The maximum Gasteiger partial charge on any atom is 0.186 e. The Balaban J connectivity index is 2.85. The number of anilines is 1. The fourth-order valence-corrected chi connectivity index (χ4v) is 3.39. The van der Waals surface area contributed by atoms with Gasteiger partial charge in [-0.25, -0.2) is 4.98 Å². The Kier molecular flexibility index (Phi) is 7.48. The second-order valence-corrected chi connectivity index (χ2v) is 6.41. The first-order valence-electron chi connectivity index (χ1n) is 7.47. The van der Waals surface area contributed by atoms with Gasteiger partial charge in [0.25, 0.3) is 0 Å². The van der Waals surface area contributed by atoms with Gasteiger partial charge in [0.15, 0.2) is 5.13 Å². The number of nitrogens with one attached hydrogen (secondary N) is 1. The van der Waals surface area contributed by atoms with E-state index >= 15 is 0 Å². The Morgan fingerprint density at radius 1 is 1.35 bits per heavy atom. The van der Waals surface area contributed by atoms with E-state index in [1.807, 2.05) is 0 Å². The summed E-state index contributed by atoms with van der Waals surface area (Å²) in [5.41, 5.74) is 1.14. The van der Waals surface area contributed by atoms with Gasteiger partial charge in [-0.05, 0) is 40.7 Å². The summed E-state index contributed by atoms with van der Waals surface area (Å²) < 4.78 is 5.20. The van der Waals surface area contributed by atoms with E-state index in [0.29, 0.717) is 12.1 Å². The molecule has 0 aliphatic carbocycles. The van der Waals surface area contributed by atoms with E-state index in [9.17, 15) is 0 Å². The molecule has 1 aromatic heterocycles. The third kappa shape index (κ3) is 4.72. The first kappa shape index (κ1) is 17.4. The van der Waals surface area contributed by atoms with Gasteiger partial charge >= 0.3 is 0 Å². The summed E-state index contributed by atoms with van der Waals surface area (Å²) in [4.78, 5) is 8.42. The van der Waals surface area contributed by atoms with E-state index in [1.54, 1.807) is 18.4 Å². The maximum atomic E-state index is 5.20. The van der Waals surface area contributed by atoms with Crippen LogP contribution in [0.5, 0.6) is 0 Å². The van der Waals surface area contributed by atoms with E-state index < -0.39 is 0 Å². The van der Waals surface area contributed by atoms with Crippen molar-refractivity contribution in [3.05, 3.63) is 10.6 Å². The smallest absolute Gasteiger partial charge is 0.186 e. The molecule has 1 atom stereocenters. The first-order valence-corrected chi connectivity index (χ1v) is 8.29. The van der Waals surface area contributed by atoms with E-state index in [4.69, 9.17) is 9.72 Å². The minimum absolute atomic E-state index is 0.373. The number of thiazole rings is 1. The second-order valence-electron chi connectivity index (χ2n) is 5.40. The molecular weight excluding hydrogens is 270 g/mol. The SMILES string of the molecule is CCCNC(C)c1sc(N(CCOC)C(C)C)nc1C. The summed E-state index contributed by atoms with van der Waals surface area (Å²) in [5, 5.41) is 4.65. The van der Waals surface area contributed by atoms with Crippen LogP contribution in [-0.2, 0) is 4.74 Å². The van der Waals surface area contributed by atoms with Crippen LogP contribution in [0.4, 0.5) is 5.13 Å². The van der Waals surface area contributed by atoms with Gasteiger partial charge in [-0.3, -0.25) is 0 Å². The zero-order valence-electron chi connectivity index (χ0n) is 13.7. The summed E-state index contributed by atoms with van der Waals surface area (Å²) in [6.45, 7) is 13.6. The number of aromatic nitrogens is 1. The molecule has 0 saturated heterocycles. The number of ether oxygens (including phenoxy) is 1. The molecule has 0 radical (unpaired) electrons. The van der Waals surface area contributed by atoms with Gasteiger partial charge in [-0.1, -0.05) is 6.92 Å². The molecular formula is C15H29N3OS. The van der Waals surface area contributed by atoms with Gasteiger partial charge in [-0.2, -0.15) is 0 Å². The lowest BCUT2D eigenvalue weighted by atomic mass is 10.2. The molecule has 1 N–H and O–H groups in total. The van der Waals surface area contributed by atoms with Gasteiger partial charge in [0.1, 0.15) is 0 Å². The largest absolute Gasteiger partial charge is 0.383 e. The highest BCUT2D eigenvalue weighted by atomic mass is 32.1. The van der Waals surface area contributed by atoms with Crippen molar-refractivity contribution in [2.45, 2.75) is 53.1 Å². The first-order chi connectivity index (χ1) is 9.51. The highest BCUT2D eigenvalue weighted by molar-refractivity contribution is 7.15. The molecule has 0 bridgehead atoms. The lowest BCUT2D eigenvalue weighted by Gasteiger charge is -2.25. The zero-order chi connectivity index (χ0) is 15.1. The van der Waals surface area contributed by atoms with Crippen LogP contribution in [0.15, 0.2) is 0 Å². The summed E-state index contributed by atoms with van der Waals surface area (Å²) in [6.07, 6.45) is 1.15. The molecule has 0 aliphatic rings. The number of methoxy groups -OCH3 is 1. The van der Waals surface area contributed by atoms with Crippen molar-refractivity contribution in [3.63, 3.8) is 0 Å². The zero-order valence-corrected chi connectivity index (χ0v) is 14.5. The van der Waals surface area contributed by atoms with Crippen molar-refractivity contribution in [1.82, 2.24) is 10.3 Å². The lowest BCUT2D eigenvalue weighted by molar-refractivity contribution is 0.204.